The van der Waals surface area contributed by atoms with Crippen molar-refractivity contribution < 1.29 is 224 Å². The summed E-state index contributed by atoms with van der Waals surface area (Å²) in [6, 6.07) is 0. The van der Waals surface area contributed by atoms with Gasteiger partial charge >= 0.3 is 0 Å². The second-order valence-corrected chi connectivity index (χ2v) is 33.3. The molecule has 125 heavy (non-hydrogen) atoms. The number of hydrogen-bond donors (Lipinski definition) is 40. The Morgan fingerprint density at radius 3 is 0.288 bits per heavy atom. The molecule has 55 nitrogen and oxygen atoms in total. The molecule has 0 aliphatic carbocycles. The van der Waals surface area contributed by atoms with Crippen LogP contribution >= 0.6 is 61.1 Å². The summed E-state index contributed by atoms with van der Waals surface area (Å²) in [5.74, 6) is 0. The predicted octanol–water partition coefficient (Wildman–Crippen LogP) is -24.5. The van der Waals surface area contributed by atoms with Crippen LogP contribution in [-0.4, -0.2) is 551 Å². The average Bonchev–Trinajstić information content (AvgIpc) is 0.801. The second kappa shape index (κ2) is 44.7. The number of hydrogen-bond acceptors (Lipinski definition) is 50. The zero-order valence-electron chi connectivity index (χ0n) is 65.0. The maximum Gasteiger partial charge on any atom is 0.189 e. The monoisotopic (exact) mass is 1910 g/mol. The molecule has 11 fully saturated rings. The summed E-state index contributed by atoms with van der Waals surface area (Å²) in [5, 5.41) is 355. The molecule has 40 N–H and O–H groups in total. The van der Waals surface area contributed by atoms with Crippen LogP contribution in [-0.2, 0) is 71.1 Å². The first kappa shape index (κ1) is 102. The first-order chi connectivity index (χ1) is 59.0. The van der Waals surface area contributed by atoms with E-state index in [1.807, 2.05) is 0 Å². The van der Waals surface area contributed by atoms with Crippen molar-refractivity contribution in [1.29, 1.82) is 0 Å². The van der Waals surface area contributed by atoms with Gasteiger partial charge in [-0.05, 0) is 61.1 Å². The van der Waals surface area contributed by atoms with Crippen molar-refractivity contribution in [1.82, 2.24) is 53.2 Å². The van der Waals surface area contributed by atoms with Crippen molar-refractivity contribution in [3.05, 3.63) is 0 Å². The van der Waals surface area contributed by atoms with Crippen LogP contribution in [0, 0.1) is 0 Å². The fourth-order valence-electron chi connectivity index (χ4n) is 14.9. The van der Waals surface area contributed by atoms with Gasteiger partial charge in [-0.3, -0.25) is 0 Å². The molecule has 11 aliphatic heterocycles. The first-order valence-electron chi connectivity index (χ1n) is 39.3. The molecule has 0 radical (unpaired) electrons. The standard InChI is InChI=1S/C65H110N10O45S5/c76-21-11-1-66-61(121)67-2-12-22(77)32(87)43(98)53(107-12)117-54-44(99)34(89)24(79)14(109-54)4-70-63(123)71-6-16-26(81)36(91)47(102)57(111-16)119-58-48(103)38(93)28(83)18(113-58)8-74-65(125)75-10-20-30(85)40(95)50(105)60(115-20)120-59-49(104)39(94)29(84)19(114-59)9-73-64(124)72-7-17-27(82)37(92)46(101)56(112-17)118-55-45(100)35(90)25(80)15(110-55)5-69-62(122)68-3-13-23(78)33(88)42(97)52(108-13)116-51(106-11)41(96)31(21)86/h11-60,76-105H,1-10H2,(H2,66,67,121)(H2,68,69,122)(H2,70,71,123)(H2,72,73,124)(H2,74,75,125)/t11-,12-,13-,14-,15-,16-,17-,18-,19-,20-,21-,22-,23-,24-,25-,26-,27-,28-,29-,30-,31+,32+,33+,34+,35+,36+,37+,38+,39+,40+,41-,42-,43-,44-,45-,46-,47-,48-,49-,50-,51-,52-,53-,54-,55-,56-,57-,58-,59-,60-/m1/s1. The topological polar surface area (TPSA) is 866 Å². The van der Waals surface area contributed by atoms with E-state index in [1.54, 1.807) is 0 Å². The molecule has 11 aliphatic rings. The molecular weight excluding hydrogens is 1800 g/mol. The zero-order chi connectivity index (χ0) is 91.5. The highest BCUT2D eigenvalue weighted by molar-refractivity contribution is 7.81. The van der Waals surface area contributed by atoms with Crippen molar-refractivity contribution in [2.24, 2.45) is 0 Å². The van der Waals surface area contributed by atoms with E-state index in [-0.39, 0.29) is 25.6 Å². The van der Waals surface area contributed by atoms with E-state index in [4.69, 9.17) is 132 Å². The van der Waals surface area contributed by atoms with Crippen LogP contribution in [0.25, 0.3) is 0 Å². The van der Waals surface area contributed by atoms with Gasteiger partial charge in [0.25, 0.3) is 0 Å². The molecule has 0 aromatic carbocycles. The Hall–Kier alpha value is -3.35. The van der Waals surface area contributed by atoms with E-state index in [1.165, 1.54) is 0 Å². The van der Waals surface area contributed by atoms with Crippen molar-refractivity contribution in [2.45, 2.75) is 307 Å². The van der Waals surface area contributed by atoms with E-state index in [9.17, 15) is 153 Å². The molecule has 0 amide bonds. The lowest BCUT2D eigenvalue weighted by atomic mass is 9.97. The Morgan fingerprint density at radius 2 is 0.208 bits per heavy atom. The van der Waals surface area contributed by atoms with Crippen LogP contribution < -0.4 is 53.2 Å². The van der Waals surface area contributed by atoms with E-state index < -0.39 is 373 Å². The minimum atomic E-state index is -2.10. The summed E-state index contributed by atoms with van der Waals surface area (Å²) in [4.78, 5) is 0. The summed E-state index contributed by atoms with van der Waals surface area (Å²) in [6.07, 6.45) is -96.3. The number of aliphatic hydroxyl groups excluding tert-OH is 30. The maximum absolute atomic E-state index is 11.0. The molecule has 0 saturated carbocycles. The number of fused-ring (bicyclic) bond motifs is 20. The van der Waals surface area contributed by atoms with E-state index >= 15 is 0 Å². The van der Waals surface area contributed by atoms with E-state index in [0.717, 1.165) is 0 Å². The number of rotatable bonds is 0. The van der Waals surface area contributed by atoms with Crippen LogP contribution in [0.3, 0.4) is 0 Å². The number of thiocarbonyl (C=S) groups is 5. The normalized spacial score (nSPS) is 51.5. The van der Waals surface area contributed by atoms with Gasteiger partial charge in [-0.15, -0.1) is 0 Å². The fraction of sp³-hybridized carbons (Fsp3) is 0.923. The van der Waals surface area contributed by atoms with Gasteiger partial charge < -0.3 is 277 Å². The van der Waals surface area contributed by atoms with Gasteiger partial charge in [-0.25, -0.2) is 0 Å². The van der Waals surface area contributed by atoms with Crippen LogP contribution in [0.5, 0.6) is 0 Å². The minimum Gasteiger partial charge on any atom is -0.388 e. The van der Waals surface area contributed by atoms with Crippen molar-refractivity contribution in [3.63, 3.8) is 0 Å². The SMILES string of the molecule is O[C@@H]1[C@@H](O)[C@H]2O[C@H]3O[C@H](CNC(=S)NC[C@H]4O[C@H](O[C@H]5O[C@H](CNC(=S)NC[C@H]6O[C@H](O[C@H]7O[C@H](CNC(=S)NC[C@H]8O[C@H](O[C@H]9O[C@H](CNC(=S)NC[C@H]%10O[C@H](O[C@H]%11O[C@H](CNC(=S)NC[C@@H](O2)[C@H]1O)[C@@H](O)[C@H](O)[C@H]%11O)[C@H](O)[C@@H](O)[C@@H]%10O)[C@@H](O)[C@H](O)[C@H]9O)[C@H](O)[C@@H](O)[C@@H]8O)[C@@H](O)[C@H](O)[C@H]7O)[C@H](O)[C@@H](O)[C@@H]6O)[C@@H](O)[C@H](O)[C@H]5O)[C@H](O)[C@@H](O)[C@@H]4O)[C@@H](O)[C@H](O)[C@H]3O. The van der Waals surface area contributed by atoms with Crippen LogP contribution in [0.4, 0.5) is 0 Å². The molecule has 0 aromatic heterocycles. The van der Waals surface area contributed by atoms with Crippen molar-refractivity contribution in [3.8, 4) is 0 Å². The van der Waals surface area contributed by atoms with Crippen LogP contribution in [0.2, 0.25) is 0 Å². The predicted molar refractivity (Wildman–Crippen MR) is 415 cm³/mol. The van der Waals surface area contributed by atoms with Gasteiger partial charge in [0.1, 0.15) is 244 Å². The Morgan fingerprint density at radius 1 is 0.128 bits per heavy atom. The lowest BCUT2D eigenvalue weighted by Gasteiger charge is -2.45. The molecule has 0 unspecified atom stereocenters. The lowest BCUT2D eigenvalue weighted by Crippen LogP contribution is -2.66. The molecule has 0 spiro atoms. The van der Waals surface area contributed by atoms with Gasteiger partial charge in [-0.1, -0.05) is 0 Å². The first-order valence-corrected chi connectivity index (χ1v) is 41.3. The van der Waals surface area contributed by atoms with Gasteiger partial charge in [-0.2, -0.15) is 0 Å². The summed E-state index contributed by atoms with van der Waals surface area (Å²) < 4.78 is 85.9. The molecule has 11 rings (SSSR count). The van der Waals surface area contributed by atoms with Crippen LogP contribution in [0.15, 0.2) is 0 Å². The summed E-state index contributed by atoms with van der Waals surface area (Å²) in [5.41, 5.74) is 0. The molecule has 11 saturated heterocycles. The highest BCUT2D eigenvalue weighted by Crippen LogP contribution is 2.36. The largest absolute Gasteiger partial charge is 0.388 e. The average molecular weight is 1910 g/mol. The van der Waals surface area contributed by atoms with Gasteiger partial charge in [0.15, 0.2) is 88.5 Å². The molecule has 720 valence electrons. The smallest absolute Gasteiger partial charge is 0.189 e. The van der Waals surface area contributed by atoms with E-state index in [2.05, 4.69) is 53.2 Å². The minimum absolute atomic E-state index is 0.306. The Balaban J connectivity index is 0.749. The quantitative estimate of drug-likeness (QED) is 0.100. The van der Waals surface area contributed by atoms with Gasteiger partial charge in [0.05, 0.1) is 0 Å². The molecule has 20 bridgehead atoms. The summed E-state index contributed by atoms with van der Waals surface area (Å²) >= 11 is 26.9. The highest BCUT2D eigenvalue weighted by Gasteiger charge is 2.58. The summed E-state index contributed by atoms with van der Waals surface area (Å²) in [7, 11) is 0. The van der Waals surface area contributed by atoms with Crippen LogP contribution in [0.1, 0.15) is 0 Å². The molecule has 50 atom stereocenters. The van der Waals surface area contributed by atoms with Crippen molar-refractivity contribution >= 4 is 86.7 Å². The number of aliphatic hydroxyl groups is 30. The Labute approximate surface area is 733 Å². The number of ether oxygens (including phenoxy) is 15. The third-order valence-corrected chi connectivity index (χ3v) is 24.1. The zero-order valence-corrected chi connectivity index (χ0v) is 69.1. The highest BCUT2D eigenvalue weighted by atomic mass is 32.1. The second-order valence-electron chi connectivity index (χ2n) is 31.3. The molecule has 60 heteroatoms. The van der Waals surface area contributed by atoms with E-state index in [0.29, 0.717) is 0 Å². The Kier molecular flexibility index (Phi) is 36.5. The molecular formula is C65H110N10O45S5. The maximum atomic E-state index is 11.0. The van der Waals surface area contributed by atoms with Crippen molar-refractivity contribution in [2.75, 3.05) is 65.4 Å². The molecule has 11 heterocycles. The molecule has 0 aromatic rings. The number of nitrogens with one attached hydrogen (secondary N) is 10. The van der Waals surface area contributed by atoms with Gasteiger partial charge in [0, 0.05) is 65.4 Å². The van der Waals surface area contributed by atoms with Gasteiger partial charge in [0.2, 0.25) is 0 Å². The lowest BCUT2D eigenvalue weighted by molar-refractivity contribution is -0.372. The Bertz CT molecular complexity index is 2800. The fourth-order valence-corrected chi connectivity index (χ4v) is 15.7. The third-order valence-electron chi connectivity index (χ3n) is 22.7. The summed E-state index contributed by atoms with van der Waals surface area (Å²) in [6.45, 7) is -5.31. The third kappa shape index (κ3) is 23.9.